The maximum atomic E-state index is 12.7. The molecule has 0 spiro atoms. The number of carbonyl (C=O) groups excluding carboxylic acids is 3. The Morgan fingerprint density at radius 2 is 1.82 bits per heavy atom. The smallest absolute Gasteiger partial charge is 0.308 e. The van der Waals surface area contributed by atoms with Crippen LogP contribution in [0.3, 0.4) is 0 Å². The number of nitrogens with one attached hydrogen (secondary N) is 1. The highest BCUT2D eigenvalue weighted by Crippen LogP contribution is 2.43. The molecule has 2 aromatic rings. The summed E-state index contributed by atoms with van der Waals surface area (Å²) in [6, 6.07) is 10.3. The molecule has 2 aromatic carbocycles. The normalized spacial score (nSPS) is 15.0. The fourth-order valence-corrected chi connectivity index (χ4v) is 3.49. The quantitative estimate of drug-likeness (QED) is 0.294. The van der Waals surface area contributed by atoms with Crippen LogP contribution in [0.1, 0.15) is 12.5 Å². The van der Waals surface area contributed by atoms with E-state index in [1.54, 1.807) is 30.3 Å². The van der Waals surface area contributed by atoms with E-state index in [0.717, 1.165) is 0 Å². The molecule has 1 heterocycles. The van der Waals surface area contributed by atoms with Gasteiger partial charge in [0.15, 0.2) is 11.5 Å². The van der Waals surface area contributed by atoms with Crippen LogP contribution in [0, 0.1) is 0 Å². The molecule has 0 unspecified atom stereocenters. The molecule has 0 atom stereocenters. The molecule has 1 N–H and O–H groups in total. The van der Waals surface area contributed by atoms with E-state index in [1.165, 1.54) is 25.1 Å². The molecule has 3 rings (SSSR count). The molecule has 7 nitrogen and oxygen atoms in total. The highest BCUT2D eigenvalue weighted by atomic mass is 79.9. The van der Waals surface area contributed by atoms with Crippen molar-refractivity contribution < 1.29 is 23.9 Å². The Labute approximate surface area is 177 Å². The van der Waals surface area contributed by atoms with Crippen LogP contribution in [0.15, 0.2) is 50.9 Å². The molecule has 28 heavy (non-hydrogen) atoms. The first-order valence-corrected chi connectivity index (χ1v) is 9.58. The number of esters is 1. The van der Waals surface area contributed by atoms with Crippen molar-refractivity contribution in [3.63, 3.8) is 0 Å². The van der Waals surface area contributed by atoms with Gasteiger partial charge in [-0.05, 0) is 61.7 Å². The number of halogens is 2. The number of carbonyl (C=O) groups is 3. The fraction of sp³-hybridized carbons (Fsp3) is 0.105. The van der Waals surface area contributed by atoms with Crippen LogP contribution in [-0.4, -0.2) is 24.9 Å². The van der Waals surface area contributed by atoms with E-state index in [1.807, 2.05) is 6.07 Å². The third-order valence-corrected chi connectivity index (χ3v) is 5.97. The van der Waals surface area contributed by atoms with Crippen LogP contribution < -0.4 is 19.9 Å². The van der Waals surface area contributed by atoms with E-state index in [0.29, 0.717) is 20.2 Å². The SMILES string of the molecule is COc1cc(/C=C2/C(=O)NN(c3ccccc3)C2=O)c(Br)c(Br)c1OC(C)=O. The number of nitrogens with zero attached hydrogens (tertiary/aromatic N) is 1. The summed E-state index contributed by atoms with van der Waals surface area (Å²) >= 11 is 6.75. The zero-order chi connectivity index (χ0) is 20.4. The van der Waals surface area contributed by atoms with Crippen molar-refractivity contribution in [2.24, 2.45) is 0 Å². The van der Waals surface area contributed by atoms with Gasteiger partial charge in [-0.15, -0.1) is 0 Å². The van der Waals surface area contributed by atoms with Gasteiger partial charge in [0.25, 0.3) is 11.8 Å². The molecular weight excluding hydrogens is 496 g/mol. The van der Waals surface area contributed by atoms with Gasteiger partial charge in [0.05, 0.1) is 17.3 Å². The minimum atomic E-state index is -0.528. The van der Waals surface area contributed by atoms with E-state index in [-0.39, 0.29) is 17.1 Å². The summed E-state index contributed by atoms with van der Waals surface area (Å²) in [5.74, 6) is -1.07. The molecule has 1 aliphatic rings. The first kappa shape index (κ1) is 20.1. The number of methoxy groups -OCH3 is 1. The molecular formula is C19H14Br2N2O5. The number of benzene rings is 2. The number of anilines is 1. The molecule has 0 bridgehead atoms. The molecule has 0 radical (unpaired) electrons. The Balaban J connectivity index is 2.03. The summed E-state index contributed by atoms with van der Waals surface area (Å²) in [5, 5.41) is 1.18. The van der Waals surface area contributed by atoms with Crippen LogP contribution in [0.2, 0.25) is 0 Å². The molecule has 0 aliphatic carbocycles. The molecule has 9 heteroatoms. The number of para-hydroxylation sites is 1. The summed E-state index contributed by atoms with van der Waals surface area (Å²) in [6.45, 7) is 1.27. The van der Waals surface area contributed by atoms with E-state index >= 15 is 0 Å². The Kier molecular flexibility index (Phi) is 5.85. The number of hydrogen-bond donors (Lipinski definition) is 1. The van der Waals surface area contributed by atoms with Gasteiger partial charge in [-0.3, -0.25) is 19.8 Å². The molecule has 144 valence electrons. The van der Waals surface area contributed by atoms with Crippen molar-refractivity contribution in [1.82, 2.24) is 5.43 Å². The minimum Gasteiger partial charge on any atom is -0.493 e. The second kappa shape index (κ2) is 8.15. The predicted molar refractivity (Wildman–Crippen MR) is 110 cm³/mol. The fourth-order valence-electron chi connectivity index (χ4n) is 2.57. The van der Waals surface area contributed by atoms with Crippen molar-refractivity contribution >= 4 is 61.4 Å². The van der Waals surface area contributed by atoms with Crippen LogP contribution in [-0.2, 0) is 14.4 Å². The average molecular weight is 510 g/mol. The molecule has 0 saturated carbocycles. The number of rotatable bonds is 4. The predicted octanol–water partition coefficient (Wildman–Crippen LogP) is 3.61. The number of hydrazine groups is 1. The van der Waals surface area contributed by atoms with Gasteiger partial charge in [0.2, 0.25) is 0 Å². The van der Waals surface area contributed by atoms with E-state index < -0.39 is 17.8 Å². The summed E-state index contributed by atoms with van der Waals surface area (Å²) in [6.07, 6.45) is 1.44. The molecule has 1 saturated heterocycles. The van der Waals surface area contributed by atoms with E-state index in [2.05, 4.69) is 37.3 Å². The maximum Gasteiger partial charge on any atom is 0.308 e. The van der Waals surface area contributed by atoms with Crippen LogP contribution >= 0.6 is 31.9 Å². The lowest BCUT2D eigenvalue weighted by Crippen LogP contribution is -2.35. The Hall–Kier alpha value is -2.65. The number of hydrogen-bond acceptors (Lipinski definition) is 5. The third kappa shape index (κ3) is 3.81. The summed E-state index contributed by atoms with van der Waals surface area (Å²) < 4.78 is 11.4. The lowest BCUT2D eigenvalue weighted by Gasteiger charge is -2.14. The average Bonchev–Trinajstić information content (AvgIpc) is 2.96. The summed E-state index contributed by atoms with van der Waals surface area (Å²) in [7, 11) is 1.42. The first-order valence-electron chi connectivity index (χ1n) is 8.00. The lowest BCUT2D eigenvalue weighted by atomic mass is 10.1. The zero-order valence-corrected chi connectivity index (χ0v) is 18.0. The number of ether oxygens (including phenoxy) is 2. The summed E-state index contributed by atoms with van der Waals surface area (Å²) in [4.78, 5) is 36.4. The highest BCUT2D eigenvalue weighted by molar-refractivity contribution is 9.13. The minimum absolute atomic E-state index is 0.0428. The van der Waals surface area contributed by atoms with Crippen LogP contribution in [0.25, 0.3) is 6.08 Å². The Morgan fingerprint density at radius 3 is 2.43 bits per heavy atom. The molecule has 1 fully saturated rings. The second-order valence-electron chi connectivity index (χ2n) is 5.69. The second-order valence-corrected chi connectivity index (χ2v) is 7.28. The van der Waals surface area contributed by atoms with Gasteiger partial charge >= 0.3 is 5.97 Å². The summed E-state index contributed by atoms with van der Waals surface area (Å²) in [5.41, 5.74) is 3.54. The Morgan fingerprint density at radius 1 is 1.14 bits per heavy atom. The monoisotopic (exact) mass is 508 g/mol. The standard InChI is InChI=1S/C19H14Br2N2O5/c1-10(24)28-17-14(27-2)9-11(15(20)16(17)21)8-13-18(25)22-23(19(13)26)12-6-4-3-5-7-12/h3-9H,1-2H3,(H,22,25)/b13-8-. The Bertz CT molecular complexity index is 1010. The lowest BCUT2D eigenvalue weighted by molar-refractivity contribution is -0.132. The number of amides is 2. The first-order chi connectivity index (χ1) is 13.3. The van der Waals surface area contributed by atoms with E-state index in [9.17, 15) is 14.4 Å². The van der Waals surface area contributed by atoms with Gasteiger partial charge < -0.3 is 9.47 Å². The third-order valence-electron chi connectivity index (χ3n) is 3.83. The van der Waals surface area contributed by atoms with Crippen LogP contribution in [0.5, 0.6) is 11.5 Å². The molecule has 0 aromatic heterocycles. The van der Waals surface area contributed by atoms with Crippen molar-refractivity contribution in [3.05, 3.63) is 56.5 Å². The van der Waals surface area contributed by atoms with Crippen LogP contribution in [0.4, 0.5) is 5.69 Å². The van der Waals surface area contributed by atoms with Gasteiger partial charge in [0.1, 0.15) is 5.57 Å². The van der Waals surface area contributed by atoms with Crippen molar-refractivity contribution in [1.29, 1.82) is 0 Å². The maximum absolute atomic E-state index is 12.7. The van der Waals surface area contributed by atoms with Gasteiger partial charge in [0, 0.05) is 11.4 Å². The topological polar surface area (TPSA) is 84.9 Å². The van der Waals surface area contributed by atoms with Gasteiger partial charge in [-0.1, -0.05) is 18.2 Å². The zero-order valence-electron chi connectivity index (χ0n) is 14.8. The van der Waals surface area contributed by atoms with Gasteiger partial charge in [-0.25, -0.2) is 5.01 Å². The molecule has 1 aliphatic heterocycles. The highest BCUT2D eigenvalue weighted by Gasteiger charge is 2.34. The molecule has 2 amide bonds. The van der Waals surface area contributed by atoms with E-state index in [4.69, 9.17) is 9.47 Å². The largest absolute Gasteiger partial charge is 0.493 e. The van der Waals surface area contributed by atoms with Gasteiger partial charge in [-0.2, -0.15) is 0 Å². The van der Waals surface area contributed by atoms with Crippen molar-refractivity contribution in [2.45, 2.75) is 6.92 Å². The van der Waals surface area contributed by atoms with Crippen molar-refractivity contribution in [3.8, 4) is 11.5 Å². The van der Waals surface area contributed by atoms with Crippen molar-refractivity contribution in [2.75, 3.05) is 12.1 Å².